The normalized spacial score (nSPS) is 11.1. The molecule has 2 rings (SSSR count). The molecule has 18 heavy (non-hydrogen) atoms. The number of hydrogen-bond acceptors (Lipinski definition) is 1. The maximum atomic E-state index is 13.0. The summed E-state index contributed by atoms with van der Waals surface area (Å²) in [4.78, 5) is 4.09. The molecule has 0 bridgehead atoms. The van der Waals surface area contributed by atoms with Crippen molar-refractivity contribution in [2.45, 2.75) is 0 Å². The summed E-state index contributed by atoms with van der Waals surface area (Å²) in [5.41, 5.74) is 0.988. The zero-order valence-corrected chi connectivity index (χ0v) is 10.5. The van der Waals surface area contributed by atoms with Gasteiger partial charge in [-0.25, -0.2) is 8.78 Å². The van der Waals surface area contributed by atoms with E-state index in [9.17, 15) is 8.78 Å². The molecule has 0 aromatic heterocycles. The van der Waals surface area contributed by atoms with Crippen LogP contribution in [0.2, 0.25) is 10.0 Å². The Morgan fingerprint density at radius 2 is 1.56 bits per heavy atom. The van der Waals surface area contributed by atoms with Crippen LogP contribution in [-0.2, 0) is 0 Å². The molecule has 2 aromatic rings. The molecule has 0 saturated heterocycles. The highest BCUT2D eigenvalue weighted by molar-refractivity contribution is 6.35. The summed E-state index contributed by atoms with van der Waals surface area (Å²) in [7, 11) is 0. The smallest absolute Gasteiger partial charge is 0.159 e. The second-order valence-corrected chi connectivity index (χ2v) is 4.43. The molecule has 0 heterocycles. The molecule has 0 radical (unpaired) electrons. The Morgan fingerprint density at radius 1 is 0.889 bits per heavy atom. The number of rotatable bonds is 2. The Bertz CT molecular complexity index is 592. The first-order valence-electron chi connectivity index (χ1n) is 5.00. The van der Waals surface area contributed by atoms with Crippen molar-refractivity contribution in [3.05, 3.63) is 63.6 Å². The van der Waals surface area contributed by atoms with Crippen molar-refractivity contribution in [2.75, 3.05) is 0 Å². The Kier molecular flexibility index (Phi) is 3.94. The van der Waals surface area contributed by atoms with Gasteiger partial charge in [-0.05, 0) is 35.9 Å². The van der Waals surface area contributed by atoms with Gasteiger partial charge < -0.3 is 0 Å². The maximum absolute atomic E-state index is 13.0. The molecule has 1 nitrogen and oxygen atoms in total. The molecule has 0 fully saturated rings. The van der Waals surface area contributed by atoms with Gasteiger partial charge in [-0.1, -0.05) is 29.3 Å². The van der Waals surface area contributed by atoms with Gasteiger partial charge in [0.05, 0.1) is 5.69 Å². The van der Waals surface area contributed by atoms with E-state index in [-0.39, 0.29) is 0 Å². The summed E-state index contributed by atoms with van der Waals surface area (Å²) in [6.07, 6.45) is 1.41. The SMILES string of the molecule is Fc1ccc(C=Nc2cc(Cl)cc(Cl)c2)cc1F. The minimum atomic E-state index is -0.914. The van der Waals surface area contributed by atoms with E-state index < -0.39 is 11.6 Å². The first-order valence-corrected chi connectivity index (χ1v) is 5.75. The quantitative estimate of drug-likeness (QED) is 0.687. The first-order chi connectivity index (χ1) is 8.54. The van der Waals surface area contributed by atoms with E-state index in [4.69, 9.17) is 23.2 Å². The van der Waals surface area contributed by atoms with Gasteiger partial charge >= 0.3 is 0 Å². The molecule has 0 aliphatic heterocycles. The van der Waals surface area contributed by atoms with Crippen LogP contribution in [0.3, 0.4) is 0 Å². The molecule has 0 aliphatic carbocycles. The average molecular weight is 286 g/mol. The fourth-order valence-corrected chi connectivity index (χ4v) is 1.87. The lowest BCUT2D eigenvalue weighted by atomic mass is 10.2. The Hall–Kier alpha value is -1.45. The molecule has 0 saturated carbocycles. The van der Waals surface area contributed by atoms with Gasteiger partial charge in [-0.15, -0.1) is 0 Å². The summed E-state index contributed by atoms with van der Waals surface area (Å²) in [5, 5.41) is 0.917. The molecule has 0 N–H and O–H groups in total. The summed E-state index contributed by atoms with van der Waals surface area (Å²) in [6.45, 7) is 0. The maximum Gasteiger partial charge on any atom is 0.159 e. The van der Waals surface area contributed by atoms with Crippen molar-refractivity contribution in [1.29, 1.82) is 0 Å². The molecule has 5 heteroatoms. The van der Waals surface area contributed by atoms with E-state index >= 15 is 0 Å². The van der Waals surface area contributed by atoms with Crippen LogP contribution in [0.4, 0.5) is 14.5 Å². The molecule has 0 aliphatic rings. The van der Waals surface area contributed by atoms with E-state index in [1.54, 1.807) is 18.2 Å². The predicted molar refractivity (Wildman–Crippen MR) is 70.1 cm³/mol. The number of hydrogen-bond donors (Lipinski definition) is 0. The zero-order chi connectivity index (χ0) is 13.1. The van der Waals surface area contributed by atoms with Crippen molar-refractivity contribution < 1.29 is 8.78 Å². The Morgan fingerprint density at radius 3 is 2.17 bits per heavy atom. The minimum Gasteiger partial charge on any atom is -0.256 e. The van der Waals surface area contributed by atoms with Gasteiger partial charge in [-0.2, -0.15) is 0 Å². The van der Waals surface area contributed by atoms with Crippen LogP contribution in [0.25, 0.3) is 0 Å². The Balaban J connectivity index is 2.27. The monoisotopic (exact) mass is 285 g/mol. The summed E-state index contributed by atoms with van der Waals surface area (Å²) in [5.74, 6) is -1.80. The average Bonchev–Trinajstić information content (AvgIpc) is 2.29. The second-order valence-electron chi connectivity index (χ2n) is 3.56. The highest BCUT2D eigenvalue weighted by atomic mass is 35.5. The van der Waals surface area contributed by atoms with Gasteiger partial charge in [0.25, 0.3) is 0 Å². The fraction of sp³-hybridized carbons (Fsp3) is 0. The number of nitrogens with zero attached hydrogens (tertiary/aromatic N) is 1. The van der Waals surface area contributed by atoms with Crippen LogP contribution < -0.4 is 0 Å². The van der Waals surface area contributed by atoms with Crippen LogP contribution >= 0.6 is 23.2 Å². The van der Waals surface area contributed by atoms with Crippen LogP contribution in [-0.4, -0.2) is 6.21 Å². The van der Waals surface area contributed by atoms with Gasteiger partial charge in [-0.3, -0.25) is 4.99 Å². The third-order valence-corrected chi connectivity index (χ3v) is 2.59. The van der Waals surface area contributed by atoms with Crippen LogP contribution in [0, 0.1) is 11.6 Å². The molecular weight excluding hydrogens is 279 g/mol. The van der Waals surface area contributed by atoms with E-state index in [1.807, 2.05) is 0 Å². The topological polar surface area (TPSA) is 12.4 Å². The van der Waals surface area contributed by atoms with Gasteiger partial charge in [0.2, 0.25) is 0 Å². The predicted octanol–water partition coefficient (Wildman–Crippen LogP) is 5.02. The van der Waals surface area contributed by atoms with Crippen molar-refractivity contribution in [3.63, 3.8) is 0 Å². The molecule has 2 aromatic carbocycles. The highest BCUT2D eigenvalue weighted by Gasteiger charge is 2.01. The molecule has 92 valence electrons. The van der Waals surface area contributed by atoms with E-state index in [1.165, 1.54) is 12.3 Å². The zero-order valence-electron chi connectivity index (χ0n) is 9.00. The van der Waals surface area contributed by atoms with E-state index in [0.717, 1.165) is 12.1 Å². The molecule has 0 atom stereocenters. The number of aliphatic imine (C=N–C) groups is 1. The van der Waals surface area contributed by atoms with Crippen molar-refractivity contribution in [3.8, 4) is 0 Å². The summed E-state index contributed by atoms with van der Waals surface area (Å²) < 4.78 is 25.7. The summed E-state index contributed by atoms with van der Waals surface area (Å²) in [6, 6.07) is 8.34. The molecule has 0 amide bonds. The first kappa shape index (κ1) is 13.0. The molecular formula is C13H7Cl2F2N. The van der Waals surface area contributed by atoms with Gasteiger partial charge in [0.1, 0.15) is 0 Å². The van der Waals surface area contributed by atoms with Gasteiger partial charge in [0, 0.05) is 16.3 Å². The van der Waals surface area contributed by atoms with Crippen molar-refractivity contribution >= 4 is 35.1 Å². The van der Waals surface area contributed by atoms with Crippen molar-refractivity contribution in [1.82, 2.24) is 0 Å². The molecule has 0 spiro atoms. The van der Waals surface area contributed by atoms with Crippen LogP contribution in [0.5, 0.6) is 0 Å². The number of halogens is 4. The van der Waals surface area contributed by atoms with E-state index in [2.05, 4.69) is 4.99 Å². The molecule has 0 unspecified atom stereocenters. The third kappa shape index (κ3) is 3.28. The number of benzene rings is 2. The van der Waals surface area contributed by atoms with Gasteiger partial charge in [0.15, 0.2) is 11.6 Å². The Labute approximate surface area is 113 Å². The summed E-state index contributed by atoms with van der Waals surface area (Å²) >= 11 is 11.6. The standard InChI is InChI=1S/C13H7Cl2F2N/c14-9-4-10(15)6-11(5-9)18-7-8-1-2-12(16)13(17)3-8/h1-7H. The third-order valence-electron chi connectivity index (χ3n) is 2.15. The van der Waals surface area contributed by atoms with Crippen LogP contribution in [0.1, 0.15) is 5.56 Å². The lowest BCUT2D eigenvalue weighted by Crippen LogP contribution is -1.87. The fourth-order valence-electron chi connectivity index (χ4n) is 1.36. The lowest BCUT2D eigenvalue weighted by Gasteiger charge is -1.98. The highest BCUT2D eigenvalue weighted by Crippen LogP contribution is 2.24. The minimum absolute atomic E-state index is 0.449. The van der Waals surface area contributed by atoms with Crippen molar-refractivity contribution in [2.24, 2.45) is 4.99 Å². The largest absolute Gasteiger partial charge is 0.256 e. The second kappa shape index (κ2) is 5.46. The lowest BCUT2D eigenvalue weighted by molar-refractivity contribution is 0.508. The van der Waals surface area contributed by atoms with Crippen LogP contribution in [0.15, 0.2) is 41.4 Å². The van der Waals surface area contributed by atoms with E-state index in [0.29, 0.717) is 21.3 Å².